The van der Waals surface area contributed by atoms with Gasteiger partial charge in [0.2, 0.25) is 5.91 Å². The van der Waals surface area contributed by atoms with Gasteiger partial charge in [0.25, 0.3) is 0 Å². The normalized spacial score (nSPS) is 11.2. The Bertz CT molecular complexity index is 749. The van der Waals surface area contributed by atoms with E-state index < -0.39 is 18.0 Å². The van der Waals surface area contributed by atoms with Crippen molar-refractivity contribution in [2.45, 2.75) is 19.6 Å². The first-order valence-corrected chi connectivity index (χ1v) is 8.03. The van der Waals surface area contributed by atoms with Crippen LogP contribution in [-0.4, -0.2) is 32.3 Å². The molecule has 0 aliphatic heterocycles. The van der Waals surface area contributed by atoms with E-state index in [0.29, 0.717) is 17.2 Å². The van der Waals surface area contributed by atoms with Crippen molar-refractivity contribution < 1.29 is 23.8 Å². The largest absolute Gasteiger partial charge is 0.497 e. The highest BCUT2D eigenvalue weighted by Gasteiger charge is 2.18. The van der Waals surface area contributed by atoms with Gasteiger partial charge in [0.1, 0.15) is 24.1 Å². The molecule has 0 aliphatic carbocycles. The maximum absolute atomic E-state index is 12.3. The van der Waals surface area contributed by atoms with Gasteiger partial charge in [-0.05, 0) is 24.6 Å². The van der Waals surface area contributed by atoms with Crippen molar-refractivity contribution in [3.63, 3.8) is 0 Å². The average Bonchev–Trinajstić information content (AvgIpc) is 2.67. The number of rotatable bonds is 7. The predicted octanol–water partition coefficient (Wildman–Crippen LogP) is 2.96. The molecule has 0 aliphatic rings. The summed E-state index contributed by atoms with van der Waals surface area (Å²) in [5.74, 6) is 0.648. The lowest BCUT2D eigenvalue weighted by Crippen LogP contribution is -2.41. The molecule has 0 heterocycles. The second-order valence-corrected chi connectivity index (χ2v) is 5.48. The maximum atomic E-state index is 12.3. The second-order valence-electron chi connectivity index (χ2n) is 5.48. The standard InChI is InChI=1S/C19H22N2O5/c1-13(20-19(23)26-12-14-7-5-4-6-8-14)18(22)21-16-11-15(24-2)9-10-17(16)25-3/h4-11,13H,12H2,1-3H3,(H,20,23)(H,21,22). The van der Waals surface area contributed by atoms with Crippen LogP contribution >= 0.6 is 0 Å². The number of hydrogen-bond donors (Lipinski definition) is 2. The molecule has 2 amide bonds. The number of carbonyl (C=O) groups excluding carboxylic acids is 2. The van der Waals surface area contributed by atoms with Crippen molar-refractivity contribution in [3.05, 3.63) is 54.1 Å². The zero-order valence-electron chi connectivity index (χ0n) is 14.9. The summed E-state index contributed by atoms with van der Waals surface area (Å²) in [6.07, 6.45) is -0.672. The van der Waals surface area contributed by atoms with Gasteiger partial charge in [0.05, 0.1) is 19.9 Å². The first-order valence-electron chi connectivity index (χ1n) is 8.03. The van der Waals surface area contributed by atoms with Crippen molar-refractivity contribution in [1.29, 1.82) is 0 Å². The highest BCUT2D eigenvalue weighted by molar-refractivity contribution is 5.97. The van der Waals surface area contributed by atoms with Gasteiger partial charge in [0, 0.05) is 6.07 Å². The lowest BCUT2D eigenvalue weighted by Gasteiger charge is -2.16. The average molecular weight is 358 g/mol. The van der Waals surface area contributed by atoms with Crippen LogP contribution in [0.5, 0.6) is 11.5 Å². The molecule has 0 saturated heterocycles. The van der Waals surface area contributed by atoms with Crippen molar-refractivity contribution >= 4 is 17.7 Å². The van der Waals surface area contributed by atoms with E-state index in [4.69, 9.17) is 14.2 Å². The summed E-state index contributed by atoms with van der Waals surface area (Å²) in [4.78, 5) is 24.2. The fourth-order valence-corrected chi connectivity index (χ4v) is 2.16. The highest BCUT2D eigenvalue weighted by atomic mass is 16.5. The van der Waals surface area contributed by atoms with E-state index in [9.17, 15) is 9.59 Å². The van der Waals surface area contributed by atoms with Crippen LogP contribution in [0.3, 0.4) is 0 Å². The van der Waals surface area contributed by atoms with Gasteiger partial charge in [-0.3, -0.25) is 4.79 Å². The molecule has 2 rings (SSSR count). The van der Waals surface area contributed by atoms with Gasteiger partial charge in [-0.25, -0.2) is 4.79 Å². The Labute approximate surface area is 152 Å². The van der Waals surface area contributed by atoms with Gasteiger partial charge >= 0.3 is 6.09 Å². The van der Waals surface area contributed by atoms with Crippen molar-refractivity contribution in [3.8, 4) is 11.5 Å². The third-order valence-electron chi connectivity index (χ3n) is 3.60. The molecule has 2 aromatic carbocycles. The number of hydrogen-bond acceptors (Lipinski definition) is 5. The molecule has 0 radical (unpaired) electrons. The van der Waals surface area contributed by atoms with Gasteiger partial charge in [-0.1, -0.05) is 30.3 Å². The summed E-state index contributed by atoms with van der Waals surface area (Å²) >= 11 is 0. The Hall–Kier alpha value is -3.22. The van der Waals surface area contributed by atoms with E-state index in [-0.39, 0.29) is 6.61 Å². The van der Waals surface area contributed by atoms with E-state index >= 15 is 0 Å². The molecular formula is C19H22N2O5. The van der Waals surface area contributed by atoms with Crippen molar-refractivity contribution in [1.82, 2.24) is 5.32 Å². The Kier molecular flexibility index (Phi) is 6.84. The highest BCUT2D eigenvalue weighted by Crippen LogP contribution is 2.28. The molecular weight excluding hydrogens is 336 g/mol. The van der Waals surface area contributed by atoms with Gasteiger partial charge < -0.3 is 24.8 Å². The molecule has 1 unspecified atom stereocenters. The summed E-state index contributed by atoms with van der Waals surface area (Å²) in [6.45, 7) is 1.69. The topological polar surface area (TPSA) is 85.9 Å². The zero-order valence-corrected chi connectivity index (χ0v) is 14.9. The van der Waals surface area contributed by atoms with Crippen molar-refractivity contribution in [2.24, 2.45) is 0 Å². The smallest absolute Gasteiger partial charge is 0.408 e. The van der Waals surface area contributed by atoms with Crippen LogP contribution < -0.4 is 20.1 Å². The van der Waals surface area contributed by atoms with Crippen LogP contribution in [0.1, 0.15) is 12.5 Å². The third kappa shape index (κ3) is 5.41. The molecule has 2 aromatic rings. The van der Waals surface area contributed by atoms with Crippen LogP contribution in [0.2, 0.25) is 0 Å². The SMILES string of the molecule is COc1ccc(OC)c(NC(=O)C(C)NC(=O)OCc2ccccc2)c1. The molecule has 2 N–H and O–H groups in total. The number of alkyl carbamates (subject to hydrolysis) is 1. The summed E-state index contributed by atoms with van der Waals surface area (Å²) in [6, 6.07) is 13.5. The van der Waals surface area contributed by atoms with E-state index in [0.717, 1.165) is 5.56 Å². The molecule has 7 nitrogen and oxygen atoms in total. The number of carbonyl (C=O) groups is 2. The maximum Gasteiger partial charge on any atom is 0.408 e. The van der Waals surface area contributed by atoms with Crippen LogP contribution in [0.25, 0.3) is 0 Å². The monoisotopic (exact) mass is 358 g/mol. The van der Waals surface area contributed by atoms with E-state index in [1.54, 1.807) is 25.1 Å². The van der Waals surface area contributed by atoms with Crippen LogP contribution in [0.15, 0.2) is 48.5 Å². The summed E-state index contributed by atoms with van der Waals surface area (Å²) in [7, 11) is 3.03. The minimum atomic E-state index is -0.797. The number of methoxy groups -OCH3 is 2. The molecule has 0 spiro atoms. The molecule has 26 heavy (non-hydrogen) atoms. The number of nitrogens with one attached hydrogen (secondary N) is 2. The number of anilines is 1. The van der Waals surface area contributed by atoms with Gasteiger partial charge in [-0.2, -0.15) is 0 Å². The minimum absolute atomic E-state index is 0.130. The predicted molar refractivity (Wildman–Crippen MR) is 97.4 cm³/mol. The third-order valence-corrected chi connectivity index (χ3v) is 3.60. The molecule has 0 fully saturated rings. The lowest BCUT2D eigenvalue weighted by molar-refractivity contribution is -0.117. The minimum Gasteiger partial charge on any atom is -0.497 e. The van der Waals surface area contributed by atoms with E-state index in [1.807, 2.05) is 30.3 Å². The number of amides is 2. The molecule has 1 atom stereocenters. The first-order chi connectivity index (χ1) is 12.5. The molecule has 0 aromatic heterocycles. The second kappa shape index (κ2) is 9.31. The van der Waals surface area contributed by atoms with Gasteiger partial charge in [-0.15, -0.1) is 0 Å². The Morgan fingerprint density at radius 3 is 2.42 bits per heavy atom. The summed E-state index contributed by atoms with van der Waals surface area (Å²) in [5, 5.41) is 5.19. The van der Waals surface area contributed by atoms with Crippen LogP contribution in [0, 0.1) is 0 Å². The lowest BCUT2D eigenvalue weighted by atomic mass is 10.2. The fraction of sp³-hybridized carbons (Fsp3) is 0.263. The first kappa shape index (κ1) is 19.1. The molecule has 0 bridgehead atoms. The quantitative estimate of drug-likeness (QED) is 0.795. The summed E-state index contributed by atoms with van der Waals surface area (Å²) in [5.41, 5.74) is 1.31. The summed E-state index contributed by atoms with van der Waals surface area (Å²) < 4.78 is 15.5. The Morgan fingerprint density at radius 2 is 1.77 bits per heavy atom. The number of benzene rings is 2. The van der Waals surface area contributed by atoms with Crippen LogP contribution in [0.4, 0.5) is 10.5 Å². The van der Waals surface area contributed by atoms with Gasteiger partial charge in [0.15, 0.2) is 0 Å². The molecule has 138 valence electrons. The van der Waals surface area contributed by atoms with Crippen LogP contribution in [-0.2, 0) is 16.1 Å². The van der Waals surface area contributed by atoms with E-state index in [2.05, 4.69) is 10.6 Å². The molecule has 0 saturated carbocycles. The Morgan fingerprint density at radius 1 is 1.04 bits per heavy atom. The van der Waals surface area contributed by atoms with Crippen molar-refractivity contribution in [2.75, 3.05) is 19.5 Å². The molecule has 7 heteroatoms. The van der Waals surface area contributed by atoms with E-state index in [1.165, 1.54) is 14.2 Å². The Balaban J connectivity index is 1.90. The zero-order chi connectivity index (χ0) is 18.9. The fourth-order valence-electron chi connectivity index (χ4n) is 2.16. The number of ether oxygens (including phenoxy) is 3.